The maximum Gasteiger partial charge on any atom is 0.416 e. The zero-order valence-corrected chi connectivity index (χ0v) is 15.7. The summed E-state index contributed by atoms with van der Waals surface area (Å²) in [6, 6.07) is 12.0. The number of para-hydroxylation sites is 1. The van der Waals surface area contributed by atoms with Gasteiger partial charge in [0.25, 0.3) is 5.91 Å². The molecule has 1 N–H and O–H groups in total. The molecule has 28 heavy (non-hydrogen) atoms. The molecule has 0 spiro atoms. The van der Waals surface area contributed by atoms with E-state index < -0.39 is 11.7 Å². The summed E-state index contributed by atoms with van der Waals surface area (Å²) >= 11 is 1.22. The van der Waals surface area contributed by atoms with Crippen molar-refractivity contribution >= 4 is 22.4 Å². The van der Waals surface area contributed by atoms with Crippen LogP contribution in [-0.4, -0.2) is 17.5 Å². The minimum atomic E-state index is -4.38. The standard InChI is InChI=1S/C20H17F3N2O2S/c1-2-27-17-9-4-3-8-16(17)18(26)25-19-24-12-15(28-19)11-13-6-5-7-14(10-13)20(21,22)23/h3-10,12H,2,11H2,1H3,(H,24,25,26). The zero-order chi connectivity index (χ0) is 20.1. The Kier molecular flexibility index (Phi) is 5.99. The van der Waals surface area contributed by atoms with Crippen LogP contribution in [0.3, 0.4) is 0 Å². The number of amides is 1. The predicted octanol–water partition coefficient (Wildman–Crippen LogP) is 5.40. The first-order valence-electron chi connectivity index (χ1n) is 8.51. The number of thiazole rings is 1. The number of nitrogens with zero attached hydrogens (tertiary/aromatic N) is 1. The maximum atomic E-state index is 12.8. The van der Waals surface area contributed by atoms with E-state index in [2.05, 4.69) is 10.3 Å². The molecule has 0 saturated carbocycles. The van der Waals surface area contributed by atoms with Crippen molar-refractivity contribution in [3.63, 3.8) is 0 Å². The number of alkyl halides is 3. The first-order valence-corrected chi connectivity index (χ1v) is 9.32. The Morgan fingerprint density at radius 1 is 1.18 bits per heavy atom. The van der Waals surface area contributed by atoms with Crippen LogP contribution in [0.1, 0.15) is 33.3 Å². The van der Waals surface area contributed by atoms with Gasteiger partial charge in [0.05, 0.1) is 17.7 Å². The van der Waals surface area contributed by atoms with Gasteiger partial charge in [-0.2, -0.15) is 13.2 Å². The van der Waals surface area contributed by atoms with Crippen LogP contribution < -0.4 is 10.1 Å². The number of benzene rings is 2. The molecule has 0 fully saturated rings. The summed E-state index contributed by atoms with van der Waals surface area (Å²) in [5.74, 6) is 0.118. The van der Waals surface area contributed by atoms with Gasteiger partial charge in [0.2, 0.25) is 0 Å². The number of anilines is 1. The van der Waals surface area contributed by atoms with E-state index in [9.17, 15) is 18.0 Å². The molecule has 0 bridgehead atoms. The third kappa shape index (κ3) is 4.89. The summed E-state index contributed by atoms with van der Waals surface area (Å²) in [5, 5.41) is 3.08. The molecule has 2 aromatic carbocycles. The molecule has 1 aromatic heterocycles. The first-order chi connectivity index (χ1) is 13.4. The van der Waals surface area contributed by atoms with E-state index in [0.717, 1.165) is 17.0 Å². The zero-order valence-electron chi connectivity index (χ0n) is 14.9. The number of aromatic nitrogens is 1. The number of ether oxygens (including phenoxy) is 1. The van der Waals surface area contributed by atoms with E-state index in [1.165, 1.54) is 17.4 Å². The van der Waals surface area contributed by atoms with Crippen molar-refractivity contribution in [2.45, 2.75) is 19.5 Å². The number of rotatable bonds is 6. The Morgan fingerprint density at radius 3 is 2.71 bits per heavy atom. The predicted molar refractivity (Wildman–Crippen MR) is 102 cm³/mol. The Morgan fingerprint density at radius 2 is 1.96 bits per heavy atom. The largest absolute Gasteiger partial charge is 0.493 e. The lowest BCUT2D eigenvalue weighted by atomic mass is 10.1. The van der Waals surface area contributed by atoms with Crippen LogP contribution in [0.25, 0.3) is 0 Å². The van der Waals surface area contributed by atoms with Crippen LogP contribution in [0.15, 0.2) is 54.7 Å². The van der Waals surface area contributed by atoms with Crippen molar-refractivity contribution in [3.8, 4) is 5.75 Å². The van der Waals surface area contributed by atoms with Gasteiger partial charge < -0.3 is 4.74 Å². The summed E-state index contributed by atoms with van der Waals surface area (Å²) in [4.78, 5) is 17.4. The van der Waals surface area contributed by atoms with Gasteiger partial charge in [0.15, 0.2) is 5.13 Å². The molecule has 0 saturated heterocycles. The minimum Gasteiger partial charge on any atom is -0.493 e. The molecule has 1 heterocycles. The van der Waals surface area contributed by atoms with Gasteiger partial charge in [-0.3, -0.25) is 10.1 Å². The first kappa shape index (κ1) is 19.9. The molecule has 4 nitrogen and oxygen atoms in total. The molecule has 3 aromatic rings. The van der Waals surface area contributed by atoms with E-state index in [-0.39, 0.29) is 5.91 Å². The topological polar surface area (TPSA) is 51.2 Å². The Balaban J connectivity index is 1.71. The molecule has 0 aliphatic rings. The van der Waals surface area contributed by atoms with Crippen molar-refractivity contribution in [2.24, 2.45) is 0 Å². The molecule has 0 aliphatic heterocycles. The summed E-state index contributed by atoms with van der Waals surface area (Å²) in [7, 11) is 0. The van der Waals surface area contributed by atoms with Crippen LogP contribution in [0.5, 0.6) is 5.75 Å². The van der Waals surface area contributed by atoms with Gasteiger partial charge in [-0.05, 0) is 30.7 Å². The number of carbonyl (C=O) groups excluding carboxylic acids is 1. The van der Waals surface area contributed by atoms with Crippen molar-refractivity contribution in [2.75, 3.05) is 11.9 Å². The normalized spacial score (nSPS) is 11.3. The second kappa shape index (κ2) is 8.43. The average Bonchev–Trinajstić information content (AvgIpc) is 3.08. The van der Waals surface area contributed by atoms with Crippen molar-refractivity contribution in [1.82, 2.24) is 4.98 Å². The van der Waals surface area contributed by atoms with Gasteiger partial charge in [-0.15, -0.1) is 11.3 Å². The highest BCUT2D eigenvalue weighted by Gasteiger charge is 2.30. The number of halogens is 3. The third-order valence-electron chi connectivity index (χ3n) is 3.84. The molecule has 0 radical (unpaired) electrons. The Hall–Kier alpha value is -2.87. The highest BCUT2D eigenvalue weighted by Crippen LogP contribution is 2.30. The molecule has 146 valence electrons. The second-order valence-electron chi connectivity index (χ2n) is 5.89. The van der Waals surface area contributed by atoms with Crippen molar-refractivity contribution in [1.29, 1.82) is 0 Å². The highest BCUT2D eigenvalue weighted by atomic mass is 32.1. The van der Waals surface area contributed by atoms with Gasteiger partial charge in [-0.1, -0.05) is 30.3 Å². The van der Waals surface area contributed by atoms with Crippen LogP contribution in [-0.2, 0) is 12.6 Å². The lowest BCUT2D eigenvalue weighted by Crippen LogP contribution is -2.13. The summed E-state index contributed by atoms with van der Waals surface area (Å²) in [6.07, 6.45) is -2.53. The maximum absolute atomic E-state index is 12.8. The van der Waals surface area contributed by atoms with E-state index in [1.54, 1.807) is 36.5 Å². The van der Waals surface area contributed by atoms with E-state index in [4.69, 9.17) is 4.74 Å². The molecular formula is C20H17F3N2O2S. The number of hydrogen-bond acceptors (Lipinski definition) is 4. The highest BCUT2D eigenvalue weighted by molar-refractivity contribution is 7.15. The lowest BCUT2D eigenvalue weighted by molar-refractivity contribution is -0.137. The van der Waals surface area contributed by atoms with Crippen LogP contribution in [0.4, 0.5) is 18.3 Å². The number of nitrogens with one attached hydrogen (secondary N) is 1. The lowest BCUT2D eigenvalue weighted by Gasteiger charge is -2.09. The average molecular weight is 406 g/mol. The third-order valence-corrected chi connectivity index (χ3v) is 4.75. The van der Waals surface area contributed by atoms with E-state index >= 15 is 0 Å². The van der Waals surface area contributed by atoms with Crippen molar-refractivity contribution < 1.29 is 22.7 Å². The molecule has 0 atom stereocenters. The number of carbonyl (C=O) groups is 1. The van der Waals surface area contributed by atoms with Gasteiger partial charge in [0, 0.05) is 17.5 Å². The van der Waals surface area contributed by atoms with Crippen LogP contribution in [0, 0.1) is 0 Å². The summed E-state index contributed by atoms with van der Waals surface area (Å²) in [6.45, 7) is 2.26. The van der Waals surface area contributed by atoms with Gasteiger partial charge in [-0.25, -0.2) is 4.98 Å². The van der Waals surface area contributed by atoms with Gasteiger partial charge >= 0.3 is 6.18 Å². The SMILES string of the molecule is CCOc1ccccc1C(=O)Nc1ncc(Cc2cccc(C(F)(F)F)c2)s1. The smallest absolute Gasteiger partial charge is 0.416 e. The second-order valence-corrected chi connectivity index (χ2v) is 7.01. The van der Waals surface area contributed by atoms with Crippen LogP contribution in [0.2, 0.25) is 0 Å². The molecule has 8 heteroatoms. The number of hydrogen-bond donors (Lipinski definition) is 1. The summed E-state index contributed by atoms with van der Waals surface area (Å²) < 4.78 is 44.0. The molecule has 0 unspecified atom stereocenters. The molecule has 0 aliphatic carbocycles. The minimum absolute atomic E-state index is 0.299. The Bertz CT molecular complexity index is 970. The van der Waals surface area contributed by atoms with Crippen LogP contribution >= 0.6 is 11.3 Å². The quantitative estimate of drug-likeness (QED) is 0.596. The van der Waals surface area contributed by atoms with Crippen molar-refractivity contribution in [3.05, 3.63) is 76.3 Å². The molecule has 3 rings (SSSR count). The Labute approximate surface area is 164 Å². The fourth-order valence-electron chi connectivity index (χ4n) is 2.61. The summed E-state index contributed by atoms with van der Waals surface area (Å²) in [5.41, 5.74) is 0.229. The van der Waals surface area contributed by atoms with E-state index in [0.29, 0.717) is 35.0 Å². The molecule has 1 amide bonds. The monoisotopic (exact) mass is 406 g/mol. The fourth-order valence-corrected chi connectivity index (χ4v) is 3.45. The fraction of sp³-hybridized carbons (Fsp3) is 0.200. The molecular weight excluding hydrogens is 389 g/mol. The van der Waals surface area contributed by atoms with E-state index in [1.807, 2.05) is 6.92 Å². The van der Waals surface area contributed by atoms with Gasteiger partial charge in [0.1, 0.15) is 5.75 Å².